The van der Waals surface area contributed by atoms with E-state index >= 15 is 0 Å². The van der Waals surface area contributed by atoms with Crippen LogP contribution in [0.2, 0.25) is 0 Å². The minimum absolute atomic E-state index is 0.0613. The normalized spacial score (nSPS) is 18.3. The third-order valence-corrected chi connectivity index (χ3v) is 46.9. The fourth-order valence-electron chi connectivity index (χ4n) is 11.7. The molecule has 6 aromatic carbocycles. The topological polar surface area (TPSA) is 0 Å². The molecule has 2 aliphatic carbocycles. The first-order valence-corrected chi connectivity index (χ1v) is 40.0. The van der Waals surface area contributed by atoms with Crippen molar-refractivity contribution in [2.45, 2.75) is 112 Å². The van der Waals surface area contributed by atoms with Crippen LogP contribution >= 0.6 is 17.2 Å². The van der Waals surface area contributed by atoms with E-state index in [0.717, 1.165) is 51.4 Å². The van der Waals surface area contributed by atoms with Gasteiger partial charge in [-0.1, -0.05) is 0 Å². The van der Waals surface area contributed by atoms with Crippen molar-refractivity contribution in [3.05, 3.63) is 172 Å². The average molecular weight is 1040 g/mol. The van der Waals surface area contributed by atoms with E-state index in [1.165, 1.54) is 91.6 Å². The molecular weight excluding hydrogens is 974 g/mol. The van der Waals surface area contributed by atoms with E-state index < -0.39 is 25.7 Å². The monoisotopic (exact) mass is 1040 g/mol. The molecule has 0 fully saturated rings. The predicted molar refractivity (Wildman–Crippen MR) is 273 cm³/mol. The van der Waals surface area contributed by atoms with Gasteiger partial charge in [0.1, 0.15) is 0 Å². The first-order chi connectivity index (χ1) is 30.1. The van der Waals surface area contributed by atoms with Crippen LogP contribution in [0, 0.1) is 0 Å². The molecule has 0 spiro atoms. The molecule has 0 saturated heterocycles. The van der Waals surface area contributed by atoms with Crippen molar-refractivity contribution in [3.8, 4) is 33.4 Å². The molecule has 9 rings (SSSR count). The number of rotatable bonds is 15. The minimum atomic E-state index is -5.84. The van der Waals surface area contributed by atoms with Crippen LogP contribution in [-0.2, 0) is 16.1 Å². The summed E-state index contributed by atoms with van der Waals surface area (Å²) in [6, 6.07) is 48.7. The van der Waals surface area contributed by atoms with Crippen LogP contribution in [0.15, 0.2) is 139 Å². The van der Waals surface area contributed by atoms with Crippen molar-refractivity contribution < 1.29 is 16.1 Å². The molecule has 1 aliphatic heterocycles. The maximum absolute atomic E-state index is 9.49. The zero-order valence-corrected chi connectivity index (χ0v) is 44.2. The van der Waals surface area contributed by atoms with Crippen molar-refractivity contribution in [2.24, 2.45) is 0 Å². The van der Waals surface area contributed by atoms with Crippen LogP contribution in [0.25, 0.3) is 45.5 Å². The van der Waals surface area contributed by atoms with Crippen LogP contribution in [0.3, 0.4) is 0 Å². The van der Waals surface area contributed by atoms with Gasteiger partial charge in [0.05, 0.1) is 0 Å². The SMILES string of the molecule is CCCCC1=Cc2c(-c3ccccc3C(C)CC)cccc2[CH]1[Hf]([Cl])([Cl])([c]1cccc2c1[SiH2]c1ccccc1-2)[CH]1C(CCCC)=Cc2c(-c3ccccc3C(C)CC)cccc21. The molecule has 317 valence electrons. The Bertz CT molecular complexity index is 2590. The third kappa shape index (κ3) is 7.19. The van der Waals surface area contributed by atoms with Gasteiger partial charge in [-0.2, -0.15) is 0 Å². The number of hydrogen-bond acceptors (Lipinski definition) is 0. The number of halogens is 2. The molecule has 6 aromatic rings. The summed E-state index contributed by atoms with van der Waals surface area (Å²) in [4.78, 5) is 0. The Morgan fingerprint density at radius 1 is 0.500 bits per heavy atom. The first kappa shape index (κ1) is 43.7. The molecule has 4 atom stereocenters. The van der Waals surface area contributed by atoms with E-state index in [-0.39, 0.29) is 7.35 Å². The number of hydrogen-bond donors (Lipinski definition) is 0. The zero-order valence-electron chi connectivity index (χ0n) is 37.7. The number of benzene rings is 6. The Hall–Kier alpha value is -3.53. The van der Waals surface area contributed by atoms with Crippen molar-refractivity contribution in [3.63, 3.8) is 0 Å². The van der Waals surface area contributed by atoms with Gasteiger partial charge in [-0.3, -0.25) is 0 Å². The molecule has 0 amide bonds. The van der Waals surface area contributed by atoms with Crippen LogP contribution < -0.4 is 13.7 Å². The van der Waals surface area contributed by atoms with Gasteiger partial charge in [0.25, 0.3) is 0 Å². The van der Waals surface area contributed by atoms with Gasteiger partial charge in [-0.05, 0) is 0 Å². The molecule has 4 heteroatoms. The maximum atomic E-state index is 9.49. The van der Waals surface area contributed by atoms with Crippen molar-refractivity contribution in [1.29, 1.82) is 0 Å². The average Bonchev–Trinajstić information content (AvgIpc) is 4.02. The second-order valence-corrected chi connectivity index (χ2v) is 49.8. The summed E-state index contributed by atoms with van der Waals surface area (Å²) in [6.45, 7) is 14.0. The standard InChI is InChI=1S/2C23H27.C12H9Si.2ClH.Hf/c2*1-4-6-10-18-15-19-11-9-14-22(23(19)16-18)21-13-8-7-12-20(21)17(3)5-2;1-3-7-11-9(5-1)10-6-2-4-8-12(10)13-11;;;/h2*7-9,11-17H,4-6,10H2,1-3H3;1-7H,13H2;2*1H;/q;;;;;+2/p-2. The summed E-state index contributed by atoms with van der Waals surface area (Å²) >= 11 is -5.84. The molecule has 0 nitrogen and oxygen atoms in total. The Morgan fingerprint density at radius 2 is 0.935 bits per heavy atom. The van der Waals surface area contributed by atoms with E-state index in [1.807, 2.05) is 0 Å². The third-order valence-electron chi connectivity index (χ3n) is 15.2. The molecule has 1 heterocycles. The van der Waals surface area contributed by atoms with E-state index in [0.29, 0.717) is 11.8 Å². The summed E-state index contributed by atoms with van der Waals surface area (Å²) in [5.41, 5.74) is 19.2. The first-order valence-electron chi connectivity index (χ1n) is 23.8. The van der Waals surface area contributed by atoms with Crippen molar-refractivity contribution >= 4 is 52.5 Å². The number of allylic oxidation sites excluding steroid dienone is 2. The second kappa shape index (κ2) is 17.8. The van der Waals surface area contributed by atoms with Crippen LogP contribution in [0.5, 0.6) is 0 Å². The molecule has 0 radical (unpaired) electrons. The summed E-state index contributed by atoms with van der Waals surface area (Å²) in [5.74, 6) is 0.905. The molecule has 0 saturated carbocycles. The Balaban J connectivity index is 1.36. The van der Waals surface area contributed by atoms with Gasteiger partial charge in [-0.25, -0.2) is 0 Å². The Morgan fingerprint density at radius 3 is 1.44 bits per heavy atom. The van der Waals surface area contributed by atoms with Gasteiger partial charge in [0.2, 0.25) is 0 Å². The van der Waals surface area contributed by atoms with Gasteiger partial charge >= 0.3 is 386 Å². The van der Waals surface area contributed by atoms with Gasteiger partial charge in [0, 0.05) is 0 Å². The fraction of sp³-hybridized carbons (Fsp3) is 0.310. The molecule has 0 bridgehead atoms. The van der Waals surface area contributed by atoms with Crippen LogP contribution in [0.1, 0.15) is 145 Å². The summed E-state index contributed by atoms with van der Waals surface area (Å²) in [7, 11) is 18.1. The van der Waals surface area contributed by atoms with Crippen molar-refractivity contribution in [1.82, 2.24) is 0 Å². The van der Waals surface area contributed by atoms with Gasteiger partial charge in [0.15, 0.2) is 0 Å². The van der Waals surface area contributed by atoms with Crippen molar-refractivity contribution in [2.75, 3.05) is 0 Å². The Kier molecular flexibility index (Phi) is 12.5. The molecule has 62 heavy (non-hydrogen) atoms. The van der Waals surface area contributed by atoms with Gasteiger partial charge in [-0.15, -0.1) is 0 Å². The quantitative estimate of drug-likeness (QED) is 0.0898. The molecule has 3 aliphatic rings. The van der Waals surface area contributed by atoms with Gasteiger partial charge < -0.3 is 0 Å². The molecule has 0 N–H and O–H groups in total. The second-order valence-electron chi connectivity index (χ2n) is 18.7. The van der Waals surface area contributed by atoms with Crippen LogP contribution in [-0.4, -0.2) is 9.52 Å². The summed E-state index contributed by atoms with van der Waals surface area (Å²) in [5, 5.41) is 3.01. The zero-order chi connectivity index (χ0) is 43.2. The number of unbranched alkanes of at least 4 members (excludes halogenated alkanes) is 2. The summed E-state index contributed by atoms with van der Waals surface area (Å²) < 4.78 is 1.21. The van der Waals surface area contributed by atoms with E-state index in [9.17, 15) is 17.2 Å². The summed E-state index contributed by atoms with van der Waals surface area (Å²) in [6.07, 6.45) is 13.8. The fourth-order valence-corrected chi connectivity index (χ4v) is 50.8. The molecule has 0 aromatic heterocycles. The molecular formula is C58H63Cl2HfSi. The predicted octanol–water partition coefficient (Wildman–Crippen LogP) is 15.4. The number of fused-ring (bicyclic) bond motifs is 5. The Labute approximate surface area is 383 Å². The van der Waals surface area contributed by atoms with E-state index in [1.54, 1.807) is 0 Å². The van der Waals surface area contributed by atoms with E-state index in [2.05, 4.69) is 181 Å². The van der Waals surface area contributed by atoms with Crippen LogP contribution in [0.4, 0.5) is 0 Å². The molecule has 4 unspecified atom stereocenters. The van der Waals surface area contributed by atoms with E-state index in [4.69, 9.17) is 0 Å².